The van der Waals surface area contributed by atoms with Gasteiger partial charge in [0.25, 0.3) is 0 Å². The quantitative estimate of drug-likeness (QED) is 0.857. The molecule has 0 aromatic heterocycles. The van der Waals surface area contributed by atoms with E-state index < -0.39 is 21.9 Å². The van der Waals surface area contributed by atoms with Crippen molar-refractivity contribution in [3.8, 4) is 0 Å². The van der Waals surface area contributed by atoms with Crippen LogP contribution in [0.4, 0.5) is 0 Å². The van der Waals surface area contributed by atoms with Crippen molar-refractivity contribution in [3.05, 3.63) is 42.5 Å². The van der Waals surface area contributed by atoms with Gasteiger partial charge >= 0.3 is 5.97 Å². The summed E-state index contributed by atoms with van der Waals surface area (Å²) in [6.07, 6.45) is 0.252. The molecule has 0 heterocycles. The van der Waals surface area contributed by atoms with Crippen LogP contribution in [-0.2, 0) is 14.8 Å². The van der Waals surface area contributed by atoms with Crippen LogP contribution >= 0.6 is 0 Å². The molecule has 2 N–H and O–H groups in total. The molecule has 0 saturated carbocycles. The highest BCUT2D eigenvalue weighted by Gasteiger charge is 2.16. The number of fused-ring (bicyclic) bond motifs is 1. The van der Waals surface area contributed by atoms with Crippen molar-refractivity contribution in [3.63, 3.8) is 0 Å². The van der Waals surface area contributed by atoms with E-state index >= 15 is 0 Å². The Morgan fingerprint density at radius 2 is 1.86 bits per heavy atom. The van der Waals surface area contributed by atoms with Crippen LogP contribution in [0.15, 0.2) is 47.4 Å². The molecule has 0 amide bonds. The van der Waals surface area contributed by atoms with Gasteiger partial charge in [-0.1, -0.05) is 37.3 Å². The van der Waals surface area contributed by atoms with Crippen LogP contribution in [0.25, 0.3) is 10.8 Å². The smallest absolute Gasteiger partial charge is 0.306 e. The molecule has 0 bridgehead atoms. The predicted molar refractivity (Wildman–Crippen MR) is 80.6 cm³/mol. The van der Waals surface area contributed by atoms with Crippen LogP contribution in [-0.4, -0.2) is 26.0 Å². The highest BCUT2D eigenvalue weighted by atomic mass is 32.2. The second kappa shape index (κ2) is 6.24. The number of hydrogen-bond donors (Lipinski definition) is 2. The van der Waals surface area contributed by atoms with E-state index in [2.05, 4.69) is 4.72 Å². The maximum Gasteiger partial charge on any atom is 0.306 e. The zero-order valence-corrected chi connectivity index (χ0v) is 12.4. The molecule has 21 heavy (non-hydrogen) atoms. The van der Waals surface area contributed by atoms with Crippen LogP contribution in [0.2, 0.25) is 0 Å². The molecule has 6 heteroatoms. The van der Waals surface area contributed by atoms with E-state index in [-0.39, 0.29) is 17.9 Å². The Labute approximate surface area is 123 Å². The summed E-state index contributed by atoms with van der Waals surface area (Å²) in [5.74, 6) is -1.51. The summed E-state index contributed by atoms with van der Waals surface area (Å²) in [6.45, 7) is 1.65. The van der Waals surface area contributed by atoms with Crippen LogP contribution in [0, 0.1) is 5.92 Å². The van der Waals surface area contributed by atoms with Crippen molar-refractivity contribution >= 4 is 26.8 Å². The minimum Gasteiger partial charge on any atom is -0.481 e. The fourth-order valence-corrected chi connectivity index (χ4v) is 3.03. The number of nitrogens with one attached hydrogen (secondary N) is 1. The summed E-state index contributed by atoms with van der Waals surface area (Å²) in [7, 11) is -3.62. The van der Waals surface area contributed by atoms with Gasteiger partial charge < -0.3 is 5.11 Å². The van der Waals surface area contributed by atoms with E-state index in [1.807, 2.05) is 24.3 Å². The van der Waals surface area contributed by atoms with E-state index in [1.54, 1.807) is 25.1 Å². The van der Waals surface area contributed by atoms with Gasteiger partial charge in [0, 0.05) is 6.54 Å². The topological polar surface area (TPSA) is 83.5 Å². The first kappa shape index (κ1) is 15.5. The van der Waals surface area contributed by atoms with Gasteiger partial charge in [0.15, 0.2) is 0 Å². The van der Waals surface area contributed by atoms with Crippen molar-refractivity contribution in [2.24, 2.45) is 5.92 Å². The van der Waals surface area contributed by atoms with Gasteiger partial charge in [-0.05, 0) is 29.3 Å². The Hall–Kier alpha value is -1.92. The van der Waals surface area contributed by atoms with E-state index in [9.17, 15) is 13.2 Å². The second-order valence-electron chi connectivity index (χ2n) is 4.93. The molecule has 0 aliphatic carbocycles. The molecule has 0 radical (unpaired) electrons. The maximum atomic E-state index is 12.2. The van der Waals surface area contributed by atoms with Gasteiger partial charge in [0.1, 0.15) is 0 Å². The van der Waals surface area contributed by atoms with Crippen LogP contribution in [0.3, 0.4) is 0 Å². The highest BCUT2D eigenvalue weighted by Crippen LogP contribution is 2.18. The molecule has 5 nitrogen and oxygen atoms in total. The molecule has 112 valence electrons. The number of benzene rings is 2. The average molecular weight is 307 g/mol. The monoisotopic (exact) mass is 307 g/mol. The van der Waals surface area contributed by atoms with Crippen molar-refractivity contribution in [2.45, 2.75) is 18.2 Å². The molecule has 0 spiro atoms. The minimum atomic E-state index is -3.62. The van der Waals surface area contributed by atoms with Gasteiger partial charge in [0.05, 0.1) is 10.8 Å². The van der Waals surface area contributed by atoms with Gasteiger partial charge in [-0.3, -0.25) is 4.79 Å². The SMILES string of the molecule is CC(CCNS(=O)(=O)c1ccc2ccccc2c1)C(=O)O. The number of hydrogen-bond acceptors (Lipinski definition) is 3. The number of carboxylic acids is 1. The lowest BCUT2D eigenvalue weighted by atomic mass is 10.1. The van der Waals surface area contributed by atoms with Crippen LogP contribution < -0.4 is 4.72 Å². The summed E-state index contributed by atoms with van der Waals surface area (Å²) in [5.41, 5.74) is 0. The number of aliphatic carboxylic acids is 1. The Bertz CT molecular complexity index is 755. The zero-order valence-electron chi connectivity index (χ0n) is 11.6. The van der Waals surface area contributed by atoms with Crippen molar-refractivity contribution < 1.29 is 18.3 Å². The molecular weight excluding hydrogens is 290 g/mol. The standard InChI is InChI=1S/C15H17NO4S/c1-11(15(17)18)8-9-16-21(19,20)14-7-6-12-4-2-3-5-13(12)10-14/h2-7,10-11,16H,8-9H2,1H3,(H,17,18). The molecule has 2 aromatic rings. The summed E-state index contributed by atoms with van der Waals surface area (Å²) in [5, 5.41) is 10.6. The largest absolute Gasteiger partial charge is 0.481 e. The average Bonchev–Trinajstić information content (AvgIpc) is 2.46. The highest BCUT2D eigenvalue weighted by molar-refractivity contribution is 7.89. The molecule has 0 saturated heterocycles. The van der Waals surface area contributed by atoms with Crippen LogP contribution in [0.1, 0.15) is 13.3 Å². The fraction of sp³-hybridized carbons (Fsp3) is 0.267. The van der Waals surface area contributed by atoms with Gasteiger partial charge in [-0.25, -0.2) is 13.1 Å². The van der Waals surface area contributed by atoms with Gasteiger partial charge in [-0.15, -0.1) is 0 Å². The minimum absolute atomic E-state index is 0.0998. The zero-order chi connectivity index (χ0) is 15.5. The van der Waals surface area contributed by atoms with Crippen molar-refractivity contribution in [1.82, 2.24) is 4.72 Å². The third kappa shape index (κ3) is 3.80. The van der Waals surface area contributed by atoms with Crippen molar-refractivity contribution in [2.75, 3.05) is 6.54 Å². The molecular formula is C15H17NO4S. The van der Waals surface area contributed by atoms with Crippen LogP contribution in [0.5, 0.6) is 0 Å². The van der Waals surface area contributed by atoms with E-state index in [0.717, 1.165) is 10.8 Å². The first-order valence-corrected chi connectivity index (χ1v) is 8.10. The lowest BCUT2D eigenvalue weighted by Gasteiger charge is -2.09. The Morgan fingerprint density at radius 3 is 2.52 bits per heavy atom. The molecule has 1 atom stereocenters. The number of carbonyl (C=O) groups is 1. The summed E-state index contributed by atoms with van der Waals surface area (Å²) in [6, 6.07) is 12.4. The first-order chi connectivity index (χ1) is 9.90. The summed E-state index contributed by atoms with van der Waals surface area (Å²) < 4.78 is 26.8. The summed E-state index contributed by atoms with van der Waals surface area (Å²) >= 11 is 0. The maximum absolute atomic E-state index is 12.2. The number of rotatable bonds is 6. The van der Waals surface area contributed by atoms with E-state index in [1.165, 1.54) is 0 Å². The van der Waals surface area contributed by atoms with E-state index in [0.29, 0.717) is 0 Å². The van der Waals surface area contributed by atoms with Crippen molar-refractivity contribution in [1.29, 1.82) is 0 Å². The lowest BCUT2D eigenvalue weighted by Crippen LogP contribution is -2.27. The normalized spacial score (nSPS) is 13.2. The number of sulfonamides is 1. The molecule has 0 aliphatic heterocycles. The van der Waals surface area contributed by atoms with Gasteiger partial charge in [0.2, 0.25) is 10.0 Å². The molecule has 2 aromatic carbocycles. The molecule has 0 fully saturated rings. The second-order valence-corrected chi connectivity index (χ2v) is 6.70. The Balaban J connectivity index is 2.12. The molecule has 0 aliphatic rings. The Kier molecular flexibility index (Phi) is 4.59. The third-order valence-electron chi connectivity index (χ3n) is 3.32. The summed E-state index contributed by atoms with van der Waals surface area (Å²) in [4.78, 5) is 10.9. The fourth-order valence-electron chi connectivity index (χ4n) is 1.95. The molecule has 2 rings (SSSR count). The van der Waals surface area contributed by atoms with E-state index in [4.69, 9.17) is 5.11 Å². The predicted octanol–water partition coefficient (Wildman–Crippen LogP) is 2.23. The first-order valence-electron chi connectivity index (χ1n) is 6.61. The third-order valence-corrected chi connectivity index (χ3v) is 4.78. The number of carboxylic acid groups (broad SMARTS) is 1. The van der Waals surface area contributed by atoms with Gasteiger partial charge in [-0.2, -0.15) is 0 Å². The Morgan fingerprint density at radius 1 is 1.19 bits per heavy atom. The molecule has 1 unspecified atom stereocenters. The lowest BCUT2D eigenvalue weighted by molar-refractivity contribution is -0.141.